The Morgan fingerprint density at radius 3 is 2.50 bits per heavy atom. The molecule has 3 heterocycles. The molecule has 34 heavy (non-hydrogen) atoms. The lowest BCUT2D eigenvalue weighted by molar-refractivity contribution is -0.0554. The molecule has 2 saturated heterocycles. The second-order valence-corrected chi connectivity index (χ2v) is 11.0. The molecule has 0 amide bonds. The minimum absolute atomic E-state index is 0.00320. The van der Waals surface area contributed by atoms with Crippen molar-refractivity contribution in [3.8, 4) is 11.1 Å². The number of aliphatic hydroxyl groups is 1. The highest BCUT2D eigenvalue weighted by atomic mass is 32.2. The molecule has 2 aromatic carbocycles. The zero-order chi connectivity index (χ0) is 23.9. The second-order valence-electron chi connectivity index (χ2n) is 9.13. The highest BCUT2D eigenvalue weighted by molar-refractivity contribution is 7.89. The van der Waals surface area contributed by atoms with E-state index in [0.29, 0.717) is 18.7 Å². The van der Waals surface area contributed by atoms with Crippen LogP contribution in [0.25, 0.3) is 11.1 Å². The van der Waals surface area contributed by atoms with Crippen molar-refractivity contribution in [3.05, 3.63) is 72.4 Å². The van der Waals surface area contributed by atoms with Crippen LogP contribution in [0.5, 0.6) is 0 Å². The summed E-state index contributed by atoms with van der Waals surface area (Å²) in [6.45, 7) is 1.63. The second kappa shape index (κ2) is 9.22. The highest BCUT2D eigenvalue weighted by Crippen LogP contribution is 2.43. The van der Waals surface area contributed by atoms with Gasteiger partial charge in [0.05, 0.1) is 12.9 Å². The van der Waals surface area contributed by atoms with Crippen molar-refractivity contribution in [2.75, 3.05) is 26.2 Å². The Labute approximate surface area is 199 Å². The fourth-order valence-corrected chi connectivity index (χ4v) is 6.82. The van der Waals surface area contributed by atoms with Gasteiger partial charge in [-0.15, -0.1) is 0 Å². The van der Waals surface area contributed by atoms with Gasteiger partial charge < -0.3 is 9.67 Å². The van der Waals surface area contributed by atoms with Gasteiger partial charge in [-0.25, -0.2) is 17.8 Å². The first-order valence-electron chi connectivity index (χ1n) is 11.6. The van der Waals surface area contributed by atoms with E-state index in [9.17, 15) is 17.9 Å². The molecule has 3 aromatic rings. The third kappa shape index (κ3) is 4.07. The third-order valence-corrected chi connectivity index (χ3v) is 8.85. The van der Waals surface area contributed by atoms with E-state index in [1.54, 1.807) is 28.1 Å². The Hall–Kier alpha value is -2.59. The monoisotopic (exact) mass is 484 g/mol. The zero-order valence-electron chi connectivity index (χ0n) is 19.1. The van der Waals surface area contributed by atoms with E-state index in [2.05, 4.69) is 9.88 Å². The minimum atomic E-state index is -3.71. The molecule has 7 nitrogen and oxygen atoms in total. The van der Waals surface area contributed by atoms with Crippen molar-refractivity contribution < 1.29 is 17.9 Å². The number of aromatic nitrogens is 2. The Kier molecular flexibility index (Phi) is 6.28. The van der Waals surface area contributed by atoms with E-state index in [4.69, 9.17) is 0 Å². The van der Waals surface area contributed by atoms with Gasteiger partial charge in [0.1, 0.15) is 5.82 Å². The molecule has 2 aliphatic heterocycles. The van der Waals surface area contributed by atoms with E-state index >= 15 is 0 Å². The van der Waals surface area contributed by atoms with E-state index in [1.165, 1.54) is 18.6 Å². The van der Waals surface area contributed by atoms with Crippen LogP contribution in [0, 0.1) is 5.82 Å². The molecule has 3 atom stereocenters. The zero-order valence-corrected chi connectivity index (χ0v) is 19.9. The first-order valence-corrected chi connectivity index (χ1v) is 13.0. The van der Waals surface area contributed by atoms with E-state index in [0.717, 1.165) is 30.5 Å². The molecule has 180 valence electrons. The van der Waals surface area contributed by atoms with Crippen LogP contribution < -0.4 is 0 Å². The Morgan fingerprint density at radius 2 is 1.82 bits per heavy atom. The van der Waals surface area contributed by atoms with Gasteiger partial charge in [-0.3, -0.25) is 4.90 Å². The SMILES string of the molecule is Cn1cnc(S(=O)(=O)N2CCCCN3[C@H](CO)[C@@H](c4ccc(-c5ccccc5F)cc4)[C@@H]3C2)c1. The molecule has 2 aliphatic rings. The largest absolute Gasteiger partial charge is 0.395 e. The molecule has 5 rings (SSSR count). The Morgan fingerprint density at radius 1 is 1.09 bits per heavy atom. The molecule has 0 unspecified atom stereocenters. The van der Waals surface area contributed by atoms with Gasteiger partial charge in [-0.2, -0.15) is 4.31 Å². The molecular weight excluding hydrogens is 455 g/mol. The quantitative estimate of drug-likeness (QED) is 0.603. The van der Waals surface area contributed by atoms with E-state index < -0.39 is 10.0 Å². The fraction of sp³-hybridized carbons (Fsp3) is 0.400. The average molecular weight is 485 g/mol. The Bertz CT molecular complexity index is 1260. The molecule has 0 bridgehead atoms. The van der Waals surface area contributed by atoms with Crippen LogP contribution in [0.15, 0.2) is 66.1 Å². The molecule has 9 heteroatoms. The number of halogens is 1. The summed E-state index contributed by atoms with van der Waals surface area (Å²) in [7, 11) is -1.96. The first-order chi connectivity index (χ1) is 16.4. The number of aryl methyl sites for hydroxylation is 1. The van der Waals surface area contributed by atoms with Crippen molar-refractivity contribution >= 4 is 10.0 Å². The van der Waals surface area contributed by atoms with Gasteiger partial charge >= 0.3 is 0 Å². The van der Waals surface area contributed by atoms with Crippen LogP contribution in [-0.2, 0) is 17.1 Å². The number of nitrogens with zero attached hydrogens (tertiary/aromatic N) is 4. The molecule has 0 aliphatic carbocycles. The van der Waals surface area contributed by atoms with Crippen LogP contribution >= 0.6 is 0 Å². The molecule has 2 fully saturated rings. The normalized spacial score (nSPS) is 24.1. The lowest BCUT2D eigenvalue weighted by atomic mass is 9.74. The number of benzene rings is 2. The number of hydrogen-bond acceptors (Lipinski definition) is 5. The van der Waals surface area contributed by atoms with Crippen LogP contribution in [0.4, 0.5) is 4.39 Å². The van der Waals surface area contributed by atoms with Gasteiger partial charge in [-0.1, -0.05) is 42.5 Å². The summed E-state index contributed by atoms with van der Waals surface area (Å²) in [5.74, 6) is -0.284. The van der Waals surface area contributed by atoms with Gasteiger partial charge in [-0.05, 0) is 36.6 Å². The fourth-order valence-electron chi connectivity index (χ4n) is 5.36. The first kappa shape index (κ1) is 23.2. The summed E-state index contributed by atoms with van der Waals surface area (Å²) in [6, 6.07) is 14.3. The summed E-state index contributed by atoms with van der Waals surface area (Å²) < 4.78 is 44.0. The third-order valence-electron chi connectivity index (χ3n) is 7.10. The van der Waals surface area contributed by atoms with Crippen molar-refractivity contribution in [1.29, 1.82) is 0 Å². The van der Waals surface area contributed by atoms with E-state index in [-0.39, 0.29) is 35.5 Å². The van der Waals surface area contributed by atoms with Crippen LogP contribution in [-0.4, -0.2) is 70.6 Å². The van der Waals surface area contributed by atoms with Crippen molar-refractivity contribution in [2.24, 2.45) is 7.05 Å². The maximum atomic E-state index is 14.2. The molecule has 0 spiro atoms. The van der Waals surface area contributed by atoms with Gasteiger partial charge in [0.15, 0.2) is 5.03 Å². The summed E-state index contributed by atoms with van der Waals surface area (Å²) in [6.07, 6.45) is 4.64. The maximum Gasteiger partial charge on any atom is 0.262 e. The van der Waals surface area contributed by atoms with Gasteiger partial charge in [0.2, 0.25) is 0 Å². The number of sulfonamides is 1. The summed E-state index contributed by atoms with van der Waals surface area (Å²) in [5.41, 5.74) is 2.35. The van der Waals surface area contributed by atoms with Crippen molar-refractivity contribution in [3.63, 3.8) is 0 Å². The molecule has 0 saturated carbocycles. The predicted molar refractivity (Wildman–Crippen MR) is 127 cm³/mol. The topological polar surface area (TPSA) is 78.7 Å². The lowest BCUT2D eigenvalue weighted by Crippen LogP contribution is -2.67. The summed E-state index contributed by atoms with van der Waals surface area (Å²) in [5, 5.41) is 10.2. The number of hydrogen-bond donors (Lipinski definition) is 1. The number of imidazole rings is 1. The van der Waals surface area contributed by atoms with Gasteiger partial charge in [0.25, 0.3) is 10.0 Å². The number of rotatable bonds is 5. The molecular formula is C25H29FN4O3S. The summed E-state index contributed by atoms with van der Waals surface area (Å²) >= 11 is 0. The summed E-state index contributed by atoms with van der Waals surface area (Å²) in [4.78, 5) is 6.31. The Balaban J connectivity index is 1.43. The van der Waals surface area contributed by atoms with Crippen LogP contribution in [0.1, 0.15) is 24.3 Å². The molecule has 1 N–H and O–H groups in total. The molecule has 1 aromatic heterocycles. The van der Waals surface area contributed by atoms with E-state index in [1.807, 2.05) is 30.3 Å². The highest BCUT2D eigenvalue weighted by Gasteiger charge is 2.50. The predicted octanol–water partition coefficient (Wildman–Crippen LogP) is 2.84. The molecule has 0 radical (unpaired) electrons. The van der Waals surface area contributed by atoms with Gasteiger partial charge in [0, 0.05) is 49.9 Å². The number of fused-ring (bicyclic) bond motifs is 1. The minimum Gasteiger partial charge on any atom is -0.395 e. The van der Waals surface area contributed by atoms with Crippen LogP contribution in [0.3, 0.4) is 0 Å². The van der Waals surface area contributed by atoms with Crippen molar-refractivity contribution in [2.45, 2.75) is 35.9 Å². The smallest absolute Gasteiger partial charge is 0.262 e. The average Bonchev–Trinajstić information content (AvgIpc) is 3.26. The lowest BCUT2D eigenvalue weighted by Gasteiger charge is -2.57. The number of aliphatic hydroxyl groups excluding tert-OH is 1. The standard InChI is InChI=1S/C25H29FN4O3S/c1-28-15-24(27-17-28)34(32,33)29-12-4-5-13-30-22(14-29)25(23(30)16-31)19-10-8-18(9-11-19)20-6-2-3-7-21(20)26/h2-3,6-11,15,17,22-23,25,31H,4-5,12-14,16H2,1H3/t22-,23+,25-/m0/s1. The van der Waals surface area contributed by atoms with Crippen LogP contribution in [0.2, 0.25) is 0 Å². The maximum absolute atomic E-state index is 14.2. The van der Waals surface area contributed by atoms with Crippen molar-refractivity contribution in [1.82, 2.24) is 18.8 Å².